The molecule has 0 radical (unpaired) electrons. The van der Waals surface area contributed by atoms with Crippen molar-refractivity contribution < 1.29 is 17.9 Å². The molecule has 0 N–H and O–H groups in total. The van der Waals surface area contributed by atoms with E-state index in [4.69, 9.17) is 0 Å². The number of anilines is 1. The molecular formula is C11H11F3N2O. The van der Waals surface area contributed by atoms with E-state index in [0.717, 1.165) is 11.1 Å². The van der Waals surface area contributed by atoms with Gasteiger partial charge in [-0.25, -0.2) is 5.01 Å². The lowest BCUT2D eigenvalue weighted by molar-refractivity contribution is -0.0752. The highest BCUT2D eigenvalue weighted by Gasteiger charge is 2.42. The van der Waals surface area contributed by atoms with Crippen molar-refractivity contribution >= 4 is 11.6 Å². The highest BCUT2D eigenvalue weighted by molar-refractivity contribution is 5.84. The minimum atomic E-state index is -4.54. The summed E-state index contributed by atoms with van der Waals surface area (Å²) in [5, 5.41) is 4.65. The van der Waals surface area contributed by atoms with Gasteiger partial charge in [0, 0.05) is 0 Å². The van der Waals surface area contributed by atoms with E-state index in [1.165, 1.54) is 5.01 Å². The van der Waals surface area contributed by atoms with Gasteiger partial charge in [0.05, 0.1) is 5.69 Å². The van der Waals surface area contributed by atoms with Crippen LogP contribution in [0.25, 0.3) is 0 Å². The molecule has 92 valence electrons. The van der Waals surface area contributed by atoms with Crippen molar-refractivity contribution in [2.24, 2.45) is 5.10 Å². The molecule has 1 aliphatic heterocycles. The van der Waals surface area contributed by atoms with Gasteiger partial charge >= 0.3 is 12.1 Å². The van der Waals surface area contributed by atoms with Gasteiger partial charge in [-0.2, -0.15) is 13.2 Å². The van der Waals surface area contributed by atoms with Crippen LogP contribution in [0, 0.1) is 13.8 Å². The van der Waals surface area contributed by atoms with Crippen LogP contribution in [0.4, 0.5) is 18.9 Å². The Balaban J connectivity index is 2.31. The van der Waals surface area contributed by atoms with E-state index in [1.807, 2.05) is 26.0 Å². The molecule has 0 unspecified atom stereocenters. The molecule has 0 bridgehead atoms. The number of aryl methyl sites for hydroxylation is 2. The predicted molar refractivity (Wildman–Crippen MR) is 57.8 cm³/mol. The lowest BCUT2D eigenvalue weighted by Gasteiger charge is -2.14. The lowest BCUT2D eigenvalue weighted by Crippen LogP contribution is -2.22. The SMILES string of the molecule is Cc1ccc(C)c(N2COC(C(F)(F)F)=N2)c1. The number of rotatable bonds is 1. The predicted octanol–water partition coefficient (Wildman–Crippen LogP) is 2.97. The Morgan fingerprint density at radius 1 is 1.29 bits per heavy atom. The Morgan fingerprint density at radius 3 is 2.59 bits per heavy atom. The summed E-state index contributed by atoms with van der Waals surface area (Å²) in [5.74, 6) is -1.20. The zero-order chi connectivity index (χ0) is 12.6. The van der Waals surface area contributed by atoms with Crippen LogP contribution in [0.2, 0.25) is 0 Å². The van der Waals surface area contributed by atoms with Crippen LogP contribution in [0.15, 0.2) is 23.3 Å². The maximum absolute atomic E-state index is 12.3. The smallest absolute Gasteiger partial charge is 0.450 e. The van der Waals surface area contributed by atoms with Gasteiger partial charge in [0.1, 0.15) is 0 Å². The van der Waals surface area contributed by atoms with Crippen LogP contribution < -0.4 is 5.01 Å². The van der Waals surface area contributed by atoms with Gasteiger partial charge in [0.15, 0.2) is 6.73 Å². The lowest BCUT2D eigenvalue weighted by atomic mass is 10.1. The van der Waals surface area contributed by atoms with Gasteiger partial charge in [0.25, 0.3) is 0 Å². The van der Waals surface area contributed by atoms with Crippen LogP contribution in [-0.2, 0) is 4.74 Å². The van der Waals surface area contributed by atoms with Gasteiger partial charge in [-0.1, -0.05) is 12.1 Å². The van der Waals surface area contributed by atoms with Crippen molar-refractivity contribution in [1.29, 1.82) is 0 Å². The summed E-state index contributed by atoms with van der Waals surface area (Å²) >= 11 is 0. The Kier molecular flexibility index (Phi) is 2.73. The number of halogens is 3. The Labute approximate surface area is 96.5 Å². The molecule has 17 heavy (non-hydrogen) atoms. The largest absolute Gasteiger partial charge is 0.470 e. The molecule has 0 saturated heterocycles. The molecule has 0 fully saturated rings. The molecule has 0 amide bonds. The fourth-order valence-electron chi connectivity index (χ4n) is 1.55. The summed E-state index contributed by atoms with van der Waals surface area (Å²) in [7, 11) is 0. The third-order valence-corrected chi connectivity index (χ3v) is 2.42. The molecule has 1 heterocycles. The quantitative estimate of drug-likeness (QED) is 0.758. The first-order valence-electron chi connectivity index (χ1n) is 5.01. The number of alkyl halides is 3. The monoisotopic (exact) mass is 244 g/mol. The summed E-state index contributed by atoms with van der Waals surface area (Å²) < 4.78 is 41.6. The third kappa shape index (κ3) is 2.35. The standard InChI is InChI=1S/C11H11F3N2O/c1-7-3-4-8(2)9(5-7)16-6-17-10(15-16)11(12,13)14/h3-5H,6H2,1-2H3. The van der Waals surface area contributed by atoms with Crippen LogP contribution in [0.3, 0.4) is 0 Å². The normalized spacial score (nSPS) is 15.8. The maximum atomic E-state index is 12.3. The summed E-state index contributed by atoms with van der Waals surface area (Å²) in [6, 6.07) is 5.51. The molecule has 1 aromatic carbocycles. The van der Waals surface area contributed by atoms with E-state index in [9.17, 15) is 13.2 Å². The van der Waals surface area contributed by atoms with Gasteiger partial charge in [0.2, 0.25) is 0 Å². The van der Waals surface area contributed by atoms with Crippen molar-refractivity contribution in [3.8, 4) is 0 Å². The van der Waals surface area contributed by atoms with Crippen molar-refractivity contribution in [1.82, 2.24) is 0 Å². The highest BCUT2D eigenvalue weighted by atomic mass is 19.4. The van der Waals surface area contributed by atoms with E-state index in [0.29, 0.717) is 5.69 Å². The topological polar surface area (TPSA) is 24.8 Å². The van der Waals surface area contributed by atoms with Gasteiger partial charge in [-0.3, -0.25) is 0 Å². The molecule has 1 aromatic rings. The number of benzene rings is 1. The molecule has 0 aliphatic carbocycles. The molecule has 3 nitrogen and oxygen atoms in total. The first-order valence-corrected chi connectivity index (χ1v) is 5.01. The minimum Gasteiger partial charge on any atom is -0.450 e. The van der Waals surface area contributed by atoms with Crippen molar-refractivity contribution in [2.45, 2.75) is 20.0 Å². The van der Waals surface area contributed by atoms with Gasteiger partial charge in [-0.05, 0) is 31.0 Å². The molecule has 0 aromatic heterocycles. The van der Waals surface area contributed by atoms with Crippen molar-refractivity contribution in [3.05, 3.63) is 29.3 Å². The maximum Gasteiger partial charge on any atom is 0.470 e. The van der Waals surface area contributed by atoms with Crippen LogP contribution in [0.5, 0.6) is 0 Å². The molecule has 0 saturated carbocycles. The number of ether oxygens (including phenoxy) is 1. The van der Waals surface area contributed by atoms with Crippen molar-refractivity contribution in [2.75, 3.05) is 11.7 Å². The molecule has 0 spiro atoms. The molecule has 2 rings (SSSR count). The first-order chi connectivity index (χ1) is 7.88. The van der Waals surface area contributed by atoms with Crippen LogP contribution in [0.1, 0.15) is 11.1 Å². The Hall–Kier alpha value is -1.72. The number of hydrogen-bond acceptors (Lipinski definition) is 3. The fraction of sp³-hybridized carbons (Fsp3) is 0.364. The van der Waals surface area contributed by atoms with E-state index < -0.39 is 12.1 Å². The van der Waals surface area contributed by atoms with Crippen LogP contribution >= 0.6 is 0 Å². The van der Waals surface area contributed by atoms with Crippen molar-refractivity contribution in [3.63, 3.8) is 0 Å². The number of hydrogen-bond donors (Lipinski definition) is 0. The number of hydrazone groups is 1. The minimum absolute atomic E-state index is 0.209. The molecule has 0 atom stereocenters. The zero-order valence-electron chi connectivity index (χ0n) is 9.38. The molecular weight excluding hydrogens is 233 g/mol. The van der Waals surface area contributed by atoms with E-state index >= 15 is 0 Å². The van der Waals surface area contributed by atoms with Gasteiger partial charge < -0.3 is 4.74 Å². The molecule has 6 heteroatoms. The second-order valence-electron chi connectivity index (χ2n) is 3.87. The Morgan fingerprint density at radius 2 is 2.00 bits per heavy atom. The summed E-state index contributed by atoms with van der Waals surface area (Å²) in [6.45, 7) is 3.48. The van der Waals surface area contributed by atoms with Crippen LogP contribution in [-0.4, -0.2) is 18.8 Å². The number of nitrogens with zero attached hydrogens (tertiary/aromatic N) is 2. The third-order valence-electron chi connectivity index (χ3n) is 2.42. The molecule has 1 aliphatic rings. The van der Waals surface area contributed by atoms with E-state index in [-0.39, 0.29) is 6.73 Å². The van der Waals surface area contributed by atoms with E-state index in [1.54, 1.807) is 6.07 Å². The highest BCUT2D eigenvalue weighted by Crippen LogP contribution is 2.28. The average Bonchev–Trinajstić information content (AvgIpc) is 2.70. The summed E-state index contributed by atoms with van der Waals surface area (Å²) in [6.07, 6.45) is -4.54. The second kappa shape index (κ2) is 3.94. The second-order valence-corrected chi connectivity index (χ2v) is 3.87. The first kappa shape index (κ1) is 11.8. The van der Waals surface area contributed by atoms with Gasteiger partial charge in [-0.15, -0.1) is 5.10 Å². The zero-order valence-corrected chi connectivity index (χ0v) is 9.38. The van der Waals surface area contributed by atoms with E-state index in [2.05, 4.69) is 9.84 Å². The fourth-order valence-corrected chi connectivity index (χ4v) is 1.55. The Bertz CT molecular complexity index is 468. The summed E-state index contributed by atoms with van der Waals surface area (Å²) in [4.78, 5) is 0. The average molecular weight is 244 g/mol. The summed E-state index contributed by atoms with van der Waals surface area (Å²) in [5.41, 5.74) is 2.44.